The fourth-order valence-electron chi connectivity index (χ4n) is 5.63. The van der Waals surface area contributed by atoms with Crippen LogP contribution in [0.25, 0.3) is 5.65 Å². The van der Waals surface area contributed by atoms with Crippen molar-refractivity contribution in [2.45, 2.75) is 64.2 Å². The predicted octanol–water partition coefficient (Wildman–Crippen LogP) is 4.29. The number of nitrogens with zero attached hydrogens (tertiary/aromatic N) is 6. The second-order valence-electron chi connectivity index (χ2n) is 13.9. The smallest absolute Gasteiger partial charge is 0.321 e. The summed E-state index contributed by atoms with van der Waals surface area (Å²) in [7, 11) is 3.81. The summed E-state index contributed by atoms with van der Waals surface area (Å²) in [5, 5.41) is 17.0. The normalized spacial score (nSPS) is 17.3. The molecule has 264 valence electrons. The molecule has 3 heterocycles. The molecule has 1 aliphatic carbocycles. The molecule has 0 saturated heterocycles. The van der Waals surface area contributed by atoms with Crippen molar-refractivity contribution in [1.29, 1.82) is 0 Å². The van der Waals surface area contributed by atoms with Crippen molar-refractivity contribution in [3.8, 4) is 5.75 Å². The first-order valence-corrected chi connectivity index (χ1v) is 16.5. The monoisotopic (exact) mass is 683 g/mol. The molecule has 3 N–H and O–H groups in total. The quantitative estimate of drug-likeness (QED) is 0.145. The number of hydrogen-bond acceptors (Lipinski definition) is 10. The lowest BCUT2D eigenvalue weighted by molar-refractivity contribution is -0.111. The van der Waals surface area contributed by atoms with Gasteiger partial charge >= 0.3 is 6.03 Å². The molecular weight excluding hydrogens is 638 g/mol. The molecule has 14 heteroatoms. The fraction of sp³-hybridized carbons (Fsp3) is 0.417. The molecule has 0 bridgehead atoms. The maximum Gasteiger partial charge on any atom is 0.321 e. The van der Waals surface area contributed by atoms with E-state index >= 15 is 0 Å². The van der Waals surface area contributed by atoms with E-state index in [1.807, 2.05) is 83.1 Å². The Morgan fingerprint density at radius 1 is 1.06 bits per heavy atom. The average Bonchev–Trinajstić information content (AvgIpc) is 3.49. The Morgan fingerprint density at radius 3 is 2.52 bits per heavy atom. The standard InChI is InChI=1S/C36H45N9O5/c1-9-49-35(5,6)32-43-42-29-15-14-23(21-45(29)32)50-26-16-17-36(22-46,25-13-11-10-12-24(25)26)41-33(48)40-28-20-27(34(2,3)4)38-30(39-28)31(47)37-18-19-44(7)8/h10-17,20-22,26H,9,18-19H2,1-8H3,(H,37,47)(H2,38,39,40,41,48)/t26-,36-/m1/s1. The zero-order chi connectivity index (χ0) is 36.3. The Morgan fingerprint density at radius 2 is 1.82 bits per heavy atom. The Balaban J connectivity index is 1.39. The van der Waals surface area contributed by atoms with Crippen LogP contribution in [0.4, 0.5) is 10.6 Å². The van der Waals surface area contributed by atoms with Crippen LogP contribution in [0.2, 0.25) is 0 Å². The molecule has 0 aliphatic heterocycles. The summed E-state index contributed by atoms with van der Waals surface area (Å²) in [5.41, 5.74) is -0.203. The van der Waals surface area contributed by atoms with Crippen LogP contribution in [0.15, 0.2) is 60.8 Å². The Hall–Kier alpha value is -5.21. The van der Waals surface area contributed by atoms with Crippen molar-refractivity contribution >= 4 is 29.7 Å². The lowest BCUT2D eigenvalue weighted by Crippen LogP contribution is -2.49. The molecule has 2 atom stereocenters. The maximum absolute atomic E-state index is 13.5. The summed E-state index contributed by atoms with van der Waals surface area (Å²) >= 11 is 0. The van der Waals surface area contributed by atoms with Gasteiger partial charge in [0.2, 0.25) is 5.82 Å². The number of amides is 3. The number of pyridine rings is 1. The van der Waals surface area contributed by atoms with Crippen molar-refractivity contribution in [2.75, 3.05) is 39.1 Å². The second kappa shape index (κ2) is 14.3. The van der Waals surface area contributed by atoms with E-state index in [9.17, 15) is 14.4 Å². The van der Waals surface area contributed by atoms with Crippen molar-refractivity contribution < 1.29 is 23.9 Å². The molecule has 3 aromatic heterocycles. The third kappa shape index (κ3) is 7.81. The molecule has 50 heavy (non-hydrogen) atoms. The Bertz CT molecular complexity index is 1910. The number of likely N-dealkylation sites (N-methyl/N-ethyl adjacent to an activating group) is 1. The van der Waals surface area contributed by atoms with Crippen molar-refractivity contribution in [2.24, 2.45) is 0 Å². The number of carbonyl (C=O) groups is 3. The van der Waals surface area contributed by atoms with Crippen LogP contribution in [0, 0.1) is 0 Å². The van der Waals surface area contributed by atoms with Gasteiger partial charge in [0.1, 0.15) is 28.8 Å². The van der Waals surface area contributed by atoms with E-state index in [4.69, 9.17) is 9.47 Å². The molecule has 0 radical (unpaired) electrons. The number of anilines is 1. The number of fused-ring (bicyclic) bond motifs is 2. The van der Waals surface area contributed by atoms with Crippen molar-refractivity contribution in [3.63, 3.8) is 0 Å². The zero-order valence-corrected chi connectivity index (χ0v) is 29.8. The molecule has 1 aliphatic rings. The molecule has 1 aromatic carbocycles. The molecule has 0 fully saturated rings. The minimum Gasteiger partial charge on any atom is -0.480 e. The summed E-state index contributed by atoms with van der Waals surface area (Å²) in [6.07, 6.45) is 5.24. The van der Waals surface area contributed by atoms with E-state index < -0.39 is 34.6 Å². The van der Waals surface area contributed by atoms with Crippen LogP contribution in [0.1, 0.15) is 80.9 Å². The molecule has 3 amide bonds. The van der Waals surface area contributed by atoms with E-state index in [1.54, 1.807) is 42.6 Å². The van der Waals surface area contributed by atoms with Crippen LogP contribution in [0.5, 0.6) is 5.75 Å². The number of carbonyl (C=O) groups excluding carboxylic acids is 3. The van der Waals surface area contributed by atoms with Gasteiger partial charge in [0, 0.05) is 36.7 Å². The van der Waals surface area contributed by atoms with Gasteiger partial charge in [-0.3, -0.25) is 19.3 Å². The molecule has 14 nitrogen and oxygen atoms in total. The largest absolute Gasteiger partial charge is 0.480 e. The van der Waals surface area contributed by atoms with Gasteiger partial charge in [-0.1, -0.05) is 45.0 Å². The lowest BCUT2D eigenvalue weighted by Gasteiger charge is -2.34. The molecule has 0 spiro atoms. The second-order valence-corrected chi connectivity index (χ2v) is 13.9. The summed E-state index contributed by atoms with van der Waals surface area (Å²) in [4.78, 5) is 50.0. The summed E-state index contributed by atoms with van der Waals surface area (Å²) < 4.78 is 14.2. The van der Waals surface area contributed by atoms with Gasteiger partial charge in [-0.15, -0.1) is 10.2 Å². The first kappa shape index (κ1) is 36.1. The van der Waals surface area contributed by atoms with Gasteiger partial charge < -0.3 is 25.0 Å². The van der Waals surface area contributed by atoms with Crippen molar-refractivity contribution in [3.05, 3.63) is 89.3 Å². The van der Waals surface area contributed by atoms with Gasteiger partial charge in [-0.2, -0.15) is 0 Å². The first-order valence-electron chi connectivity index (χ1n) is 16.5. The van der Waals surface area contributed by atoms with E-state index in [1.165, 1.54) is 0 Å². The summed E-state index contributed by atoms with van der Waals surface area (Å²) in [6, 6.07) is 11.8. The molecule has 4 aromatic rings. The number of nitrogens with one attached hydrogen (secondary N) is 3. The number of rotatable bonds is 12. The number of hydrogen-bond donors (Lipinski definition) is 3. The highest BCUT2D eigenvalue weighted by Gasteiger charge is 2.39. The lowest BCUT2D eigenvalue weighted by atomic mass is 9.81. The van der Waals surface area contributed by atoms with Crippen LogP contribution < -0.4 is 20.7 Å². The first-order chi connectivity index (χ1) is 23.7. The van der Waals surface area contributed by atoms with Gasteiger partial charge in [0.25, 0.3) is 5.91 Å². The summed E-state index contributed by atoms with van der Waals surface area (Å²) in [6.45, 7) is 13.2. The van der Waals surface area contributed by atoms with E-state index in [2.05, 4.69) is 36.1 Å². The number of benzene rings is 1. The molecule has 5 rings (SSSR count). The Labute approximate surface area is 291 Å². The van der Waals surface area contributed by atoms with Crippen LogP contribution >= 0.6 is 0 Å². The predicted molar refractivity (Wildman–Crippen MR) is 188 cm³/mol. The van der Waals surface area contributed by atoms with Crippen LogP contribution in [-0.2, 0) is 26.1 Å². The minimum atomic E-state index is -1.51. The highest BCUT2D eigenvalue weighted by Crippen LogP contribution is 2.37. The molecular formula is C36H45N9O5. The van der Waals surface area contributed by atoms with E-state index in [0.717, 1.165) is 0 Å². The third-order valence-electron chi connectivity index (χ3n) is 8.22. The van der Waals surface area contributed by atoms with Crippen LogP contribution in [-0.4, -0.2) is 81.5 Å². The van der Waals surface area contributed by atoms with Gasteiger partial charge in [-0.25, -0.2) is 14.8 Å². The number of ether oxygens (including phenoxy) is 2. The third-order valence-corrected chi connectivity index (χ3v) is 8.22. The van der Waals surface area contributed by atoms with Gasteiger partial charge in [0.15, 0.2) is 17.8 Å². The average molecular weight is 684 g/mol. The number of urea groups is 1. The SMILES string of the molecule is CCOC(C)(C)c1nnc2ccc(O[C@@H]3C=C[C@](C=O)(NC(=O)Nc4cc(C(C)(C)C)nc(C(=O)NCCN(C)C)n4)c4ccccc43)cn12. The number of aromatic nitrogens is 5. The highest BCUT2D eigenvalue weighted by molar-refractivity contribution is 5.94. The fourth-order valence-corrected chi connectivity index (χ4v) is 5.63. The zero-order valence-electron chi connectivity index (χ0n) is 29.8. The number of aldehydes is 1. The van der Waals surface area contributed by atoms with Gasteiger partial charge in [0.05, 0.1) is 11.9 Å². The minimum absolute atomic E-state index is 0.0716. The van der Waals surface area contributed by atoms with E-state index in [0.29, 0.717) is 60.0 Å². The Kier molecular flexibility index (Phi) is 10.3. The van der Waals surface area contributed by atoms with Crippen molar-refractivity contribution in [1.82, 2.24) is 40.1 Å². The van der Waals surface area contributed by atoms with Crippen LogP contribution in [0.3, 0.4) is 0 Å². The maximum atomic E-state index is 13.5. The van der Waals surface area contributed by atoms with E-state index in [-0.39, 0.29) is 11.6 Å². The van der Waals surface area contributed by atoms with Gasteiger partial charge in [-0.05, 0) is 64.7 Å². The molecule has 0 saturated carbocycles. The molecule has 0 unspecified atom stereocenters. The topological polar surface area (TPSA) is 165 Å². The highest BCUT2D eigenvalue weighted by atomic mass is 16.5. The summed E-state index contributed by atoms with van der Waals surface area (Å²) in [5.74, 6) is 0.757.